The minimum Gasteiger partial charge on any atom is -0.404 e. The third kappa shape index (κ3) is 5.79. The number of halogens is 1. The first kappa shape index (κ1) is 33.1. The van der Waals surface area contributed by atoms with E-state index in [2.05, 4.69) is 55.4 Å². The zero-order valence-electron chi connectivity index (χ0n) is 28.3. The predicted octanol–water partition coefficient (Wildman–Crippen LogP) is 6.17. The molecule has 2 aliphatic heterocycles. The highest BCUT2D eigenvalue weighted by atomic mass is 35.5. The molecule has 8 rings (SSSR count). The highest BCUT2D eigenvalue weighted by Gasteiger charge is 2.68. The molecule has 252 valence electrons. The van der Waals surface area contributed by atoms with Crippen LogP contribution in [0.25, 0.3) is 10.8 Å². The maximum atomic E-state index is 14.5. The Morgan fingerprint density at radius 1 is 1.06 bits per heavy atom. The number of oxime groups is 1. The lowest BCUT2D eigenvalue weighted by Crippen LogP contribution is -2.65. The Morgan fingerprint density at radius 2 is 1.83 bits per heavy atom. The molecule has 0 radical (unpaired) electrons. The molecule has 2 N–H and O–H groups in total. The molecule has 1 aromatic heterocycles. The highest BCUT2D eigenvalue weighted by Crippen LogP contribution is 2.65. The van der Waals surface area contributed by atoms with E-state index in [1.54, 1.807) is 12.3 Å². The van der Waals surface area contributed by atoms with Crippen LogP contribution in [0.3, 0.4) is 0 Å². The summed E-state index contributed by atoms with van der Waals surface area (Å²) in [6.45, 7) is 11.2. The van der Waals surface area contributed by atoms with Gasteiger partial charge in [-0.25, -0.2) is 0 Å². The molecule has 3 saturated carbocycles. The fraction of sp³-hybridized carbons (Fsp3) is 0.514. The van der Waals surface area contributed by atoms with Crippen molar-refractivity contribution in [1.29, 1.82) is 0 Å². The Kier molecular flexibility index (Phi) is 8.57. The van der Waals surface area contributed by atoms with E-state index in [1.165, 1.54) is 0 Å². The van der Waals surface area contributed by atoms with Gasteiger partial charge in [-0.15, -0.1) is 0 Å². The number of carbonyl (C=O) groups excluding carboxylic acids is 2. The topological polar surface area (TPSA) is 111 Å². The lowest BCUT2D eigenvalue weighted by atomic mass is 9.43. The minimum atomic E-state index is -1.38. The Morgan fingerprint density at radius 3 is 2.60 bits per heavy atom. The minimum absolute atomic E-state index is 0.000396. The van der Waals surface area contributed by atoms with Gasteiger partial charge in [-0.3, -0.25) is 14.6 Å². The number of nitrogens with one attached hydrogen (secondary N) is 2. The van der Waals surface area contributed by atoms with Crippen molar-refractivity contribution in [2.75, 3.05) is 6.54 Å². The van der Waals surface area contributed by atoms with Gasteiger partial charge < -0.3 is 24.8 Å². The van der Waals surface area contributed by atoms with Crippen molar-refractivity contribution in [2.24, 2.45) is 28.3 Å². The lowest BCUT2D eigenvalue weighted by Gasteiger charge is -2.64. The molecule has 3 aliphatic carbocycles. The molecule has 2 bridgehead atoms. The fourth-order valence-corrected chi connectivity index (χ4v) is 8.77. The van der Waals surface area contributed by atoms with E-state index in [4.69, 9.17) is 25.7 Å². The van der Waals surface area contributed by atoms with Crippen molar-refractivity contribution in [3.8, 4) is 0 Å². The summed E-state index contributed by atoms with van der Waals surface area (Å²) in [4.78, 5) is 38.2. The molecule has 11 heteroatoms. The van der Waals surface area contributed by atoms with Crippen molar-refractivity contribution in [1.82, 2.24) is 15.6 Å². The van der Waals surface area contributed by atoms with Crippen LogP contribution >= 0.6 is 11.6 Å². The monoisotopic (exact) mass is 670 g/mol. The van der Waals surface area contributed by atoms with Gasteiger partial charge in [0.2, 0.25) is 5.60 Å². The summed E-state index contributed by atoms with van der Waals surface area (Å²) in [5.41, 5.74) is 0.0795. The van der Waals surface area contributed by atoms with E-state index in [9.17, 15) is 9.59 Å². The van der Waals surface area contributed by atoms with Crippen LogP contribution < -0.4 is 10.6 Å². The Hall–Kier alpha value is -3.47. The first-order chi connectivity index (χ1) is 22.9. The summed E-state index contributed by atoms with van der Waals surface area (Å²) in [5, 5.41) is 12.8. The van der Waals surface area contributed by atoms with E-state index >= 15 is 0 Å². The number of fused-ring (bicyclic) bond motifs is 1. The second-order valence-corrected chi connectivity index (χ2v) is 15.7. The predicted molar refractivity (Wildman–Crippen MR) is 187 cm³/mol. The molecule has 6 atom stereocenters. The van der Waals surface area contributed by atoms with Crippen LogP contribution in [0.2, 0.25) is 5.02 Å². The van der Waals surface area contributed by atoms with Gasteiger partial charge in [0.25, 0.3) is 11.8 Å². The van der Waals surface area contributed by atoms with Crippen LogP contribution in [0, 0.1) is 23.2 Å². The molecule has 3 aromatic rings. The number of rotatable bonds is 10. The summed E-state index contributed by atoms with van der Waals surface area (Å²) < 4.78 is 13.5. The van der Waals surface area contributed by atoms with E-state index in [0.29, 0.717) is 34.7 Å². The molecular formula is C37H44BClN4O5. The van der Waals surface area contributed by atoms with Crippen LogP contribution in [-0.4, -0.2) is 59.4 Å². The highest BCUT2D eigenvalue weighted by molar-refractivity contribution is 6.48. The lowest BCUT2D eigenvalue weighted by molar-refractivity contribution is -0.199. The summed E-state index contributed by atoms with van der Waals surface area (Å²) in [5.74, 6) is 0.273. The second kappa shape index (κ2) is 12.5. The molecule has 1 saturated heterocycles. The normalized spacial score (nSPS) is 29.1. The van der Waals surface area contributed by atoms with Crippen LogP contribution in [0.4, 0.5) is 0 Å². The van der Waals surface area contributed by atoms with Crippen molar-refractivity contribution < 1.29 is 23.7 Å². The number of amides is 2. The molecule has 48 heavy (non-hydrogen) atoms. The zero-order valence-corrected chi connectivity index (χ0v) is 29.0. The maximum Gasteiger partial charge on any atom is 0.481 e. The van der Waals surface area contributed by atoms with E-state index in [0.717, 1.165) is 29.2 Å². The van der Waals surface area contributed by atoms with Gasteiger partial charge in [0.05, 0.1) is 29.9 Å². The van der Waals surface area contributed by atoms with Crippen LogP contribution in [-0.2, 0) is 25.4 Å². The Bertz CT molecular complexity index is 1760. The third-order valence-corrected chi connectivity index (χ3v) is 11.7. The first-order valence-electron chi connectivity index (χ1n) is 17.1. The Balaban J connectivity index is 1.09. The summed E-state index contributed by atoms with van der Waals surface area (Å²) >= 11 is 6.60. The third-order valence-electron chi connectivity index (χ3n) is 11.4. The molecule has 2 aromatic carbocycles. The molecule has 2 amide bonds. The van der Waals surface area contributed by atoms with Gasteiger partial charge in [0.1, 0.15) is 5.69 Å². The molecule has 3 heterocycles. The van der Waals surface area contributed by atoms with Crippen LogP contribution in [0.15, 0.2) is 65.9 Å². The SMILES string of the molecule is CC(C)C[C@H](NC(=O)C1(Cc2ccccc2Cl)CC(CNC(=O)c2nccc3ccccc23)=NO1)B1O[C@@H]2C[C@@H]3C[C@@H](C3(C)C)[C@]2(C)O1. The van der Waals surface area contributed by atoms with E-state index < -0.39 is 24.3 Å². The quantitative estimate of drug-likeness (QED) is 0.250. The number of aromatic nitrogens is 1. The van der Waals surface area contributed by atoms with Crippen molar-refractivity contribution in [3.63, 3.8) is 0 Å². The van der Waals surface area contributed by atoms with Gasteiger partial charge in [0, 0.05) is 29.4 Å². The number of hydrogen-bond donors (Lipinski definition) is 2. The van der Waals surface area contributed by atoms with Crippen LogP contribution in [0.5, 0.6) is 0 Å². The number of pyridine rings is 1. The van der Waals surface area contributed by atoms with Crippen LogP contribution in [0.1, 0.15) is 76.4 Å². The Labute approximate surface area is 287 Å². The van der Waals surface area contributed by atoms with E-state index in [-0.39, 0.29) is 48.6 Å². The molecule has 9 nitrogen and oxygen atoms in total. The number of carbonyl (C=O) groups is 2. The average molecular weight is 671 g/mol. The van der Waals surface area contributed by atoms with Gasteiger partial charge in [-0.2, -0.15) is 0 Å². The molecule has 5 aliphatic rings. The summed E-state index contributed by atoms with van der Waals surface area (Å²) in [6, 6.07) is 16.9. The molecule has 0 spiro atoms. The molecular weight excluding hydrogens is 627 g/mol. The zero-order chi connectivity index (χ0) is 33.8. The summed E-state index contributed by atoms with van der Waals surface area (Å²) in [6.07, 6.45) is 4.78. The first-order valence-corrected chi connectivity index (χ1v) is 17.5. The maximum absolute atomic E-state index is 14.5. The van der Waals surface area contributed by atoms with Gasteiger partial charge in [0.15, 0.2) is 0 Å². The van der Waals surface area contributed by atoms with Gasteiger partial charge in [-0.1, -0.05) is 86.9 Å². The number of benzene rings is 2. The molecule has 1 unspecified atom stereocenters. The second-order valence-electron chi connectivity index (χ2n) is 15.3. The fourth-order valence-electron chi connectivity index (χ4n) is 8.57. The van der Waals surface area contributed by atoms with Gasteiger partial charge in [-0.05, 0) is 72.4 Å². The van der Waals surface area contributed by atoms with E-state index in [1.807, 2.05) is 48.5 Å². The van der Waals surface area contributed by atoms with Crippen molar-refractivity contribution in [3.05, 3.63) is 77.1 Å². The van der Waals surface area contributed by atoms with Crippen molar-refractivity contribution >= 4 is 47.0 Å². The number of nitrogens with zero attached hydrogens (tertiary/aromatic N) is 2. The van der Waals surface area contributed by atoms with Crippen molar-refractivity contribution in [2.45, 2.75) is 90.0 Å². The number of hydrogen-bond acceptors (Lipinski definition) is 7. The smallest absolute Gasteiger partial charge is 0.404 e. The average Bonchev–Trinajstić information content (AvgIpc) is 3.65. The van der Waals surface area contributed by atoms with Gasteiger partial charge >= 0.3 is 7.12 Å². The standard InChI is InChI=1S/C37H44BClN4O5/c1-22(2)16-31(38-46-30-18-25-17-29(35(25,3)4)36(30,5)47-38)42-34(45)37(19-24-11-7-9-13-28(24)39)20-26(43-48-37)21-41-33(44)32-27-12-8-6-10-23(27)14-15-40-32/h6-15,22,25,29-31H,16-21H2,1-5H3,(H,41,44)(H,42,45)/t25-,29-,30+,31-,36-,37?/m0/s1. The largest absolute Gasteiger partial charge is 0.481 e. The summed E-state index contributed by atoms with van der Waals surface area (Å²) in [7, 11) is -0.576. The molecule has 4 fully saturated rings.